The Labute approximate surface area is 89.1 Å². The molecule has 0 N–H and O–H groups in total. The van der Waals surface area contributed by atoms with Crippen LogP contribution >= 0.6 is 5.61 Å². The van der Waals surface area contributed by atoms with Gasteiger partial charge in [0.25, 0.3) is 0 Å². The Morgan fingerprint density at radius 1 is 1.08 bits per heavy atom. The van der Waals surface area contributed by atoms with Gasteiger partial charge in [0, 0.05) is 0 Å². The second-order valence-electron chi connectivity index (χ2n) is 3.73. The Kier molecular flexibility index (Phi) is 8.38. The van der Waals surface area contributed by atoms with Gasteiger partial charge < -0.3 is 0 Å². The van der Waals surface area contributed by atoms with Crippen molar-refractivity contribution < 1.29 is 0 Å². The van der Waals surface area contributed by atoms with E-state index in [2.05, 4.69) is 34.6 Å². The molecule has 0 bridgehead atoms. The van der Waals surface area contributed by atoms with Gasteiger partial charge in [-0.2, -0.15) is 0 Å². The van der Waals surface area contributed by atoms with Crippen LogP contribution in [-0.2, 0) is 0 Å². The Morgan fingerprint density at radius 2 is 1.58 bits per heavy atom. The summed E-state index contributed by atoms with van der Waals surface area (Å²) in [6.07, 6.45) is 2.88. The fraction of sp³-hybridized carbons (Fsp3) is 1.00. The molecular formula is C10H23PTe. The molecule has 0 saturated carbocycles. The van der Waals surface area contributed by atoms with E-state index in [0.29, 0.717) is 26.0 Å². The van der Waals surface area contributed by atoms with Gasteiger partial charge in [0.1, 0.15) is 0 Å². The Bertz CT molecular complexity index is 94.0. The maximum atomic E-state index is 2.42. The molecule has 0 radical (unpaired) electrons. The van der Waals surface area contributed by atoms with Crippen LogP contribution in [0.4, 0.5) is 0 Å². The zero-order valence-electron chi connectivity index (χ0n) is 9.13. The standard InChI is InChI=1S/C10H23PTe/c1-6-7-8-12-11(9(2)3)10(4)5/h9-10H,6-8H2,1-5H3. The number of hydrogen-bond acceptors (Lipinski definition) is 0. The fourth-order valence-corrected chi connectivity index (χ4v) is 12.2. The van der Waals surface area contributed by atoms with Gasteiger partial charge in [0.2, 0.25) is 0 Å². The maximum absolute atomic E-state index is 2.42. The van der Waals surface area contributed by atoms with Crippen LogP contribution in [0.15, 0.2) is 0 Å². The molecule has 0 rings (SSSR count). The molecule has 0 aliphatic carbocycles. The third-order valence-corrected chi connectivity index (χ3v) is 16.4. The van der Waals surface area contributed by atoms with E-state index in [0.717, 1.165) is 11.3 Å². The van der Waals surface area contributed by atoms with Crippen molar-refractivity contribution in [2.24, 2.45) is 0 Å². The first kappa shape index (κ1) is 13.2. The molecule has 0 spiro atoms. The second kappa shape index (κ2) is 7.61. The molecule has 0 aliphatic rings. The molecule has 0 nitrogen and oxygen atoms in total. The summed E-state index contributed by atoms with van der Waals surface area (Å²) in [7, 11) is 0. The molecule has 74 valence electrons. The van der Waals surface area contributed by atoms with Crippen LogP contribution < -0.4 is 0 Å². The van der Waals surface area contributed by atoms with Crippen LogP contribution in [0.3, 0.4) is 0 Å². The predicted octanol–water partition coefficient (Wildman–Crippen LogP) is 4.12. The zero-order chi connectivity index (χ0) is 9.56. The fourth-order valence-electron chi connectivity index (χ4n) is 1.21. The van der Waals surface area contributed by atoms with Crippen LogP contribution in [0.25, 0.3) is 0 Å². The molecule has 0 heterocycles. The number of hydrogen-bond donors (Lipinski definition) is 0. The molecule has 0 aromatic heterocycles. The minimum atomic E-state index is 0.362. The summed E-state index contributed by atoms with van der Waals surface area (Å²) < 4.78 is 1.59. The quantitative estimate of drug-likeness (QED) is 0.393. The summed E-state index contributed by atoms with van der Waals surface area (Å²) in [5, 5.41) is 0. The molecule has 12 heavy (non-hydrogen) atoms. The Hall–Kier alpha value is 1.22. The molecule has 0 aromatic carbocycles. The van der Waals surface area contributed by atoms with Crippen molar-refractivity contribution in [3.05, 3.63) is 0 Å². The van der Waals surface area contributed by atoms with Gasteiger partial charge in [0.15, 0.2) is 0 Å². The first-order chi connectivity index (χ1) is 5.59. The summed E-state index contributed by atoms with van der Waals surface area (Å²) in [5.41, 5.74) is 2.41. The van der Waals surface area contributed by atoms with E-state index >= 15 is 0 Å². The molecular weight excluding hydrogens is 279 g/mol. The molecule has 0 aromatic rings. The average molecular weight is 302 g/mol. The number of rotatable bonds is 6. The second-order valence-corrected chi connectivity index (χ2v) is 13.8. The van der Waals surface area contributed by atoms with Gasteiger partial charge in [-0.25, -0.2) is 0 Å². The van der Waals surface area contributed by atoms with Gasteiger partial charge in [-0.15, -0.1) is 0 Å². The van der Waals surface area contributed by atoms with Gasteiger partial charge in [0.05, 0.1) is 0 Å². The van der Waals surface area contributed by atoms with Crippen molar-refractivity contribution in [3.8, 4) is 0 Å². The minimum absolute atomic E-state index is 0.362. The van der Waals surface area contributed by atoms with E-state index in [1.807, 2.05) is 0 Å². The molecule has 0 saturated heterocycles. The van der Waals surface area contributed by atoms with E-state index in [-0.39, 0.29) is 0 Å². The molecule has 0 aliphatic heterocycles. The average Bonchev–Trinajstić information content (AvgIpc) is 1.96. The topological polar surface area (TPSA) is 0 Å². The van der Waals surface area contributed by atoms with Crippen molar-refractivity contribution >= 4 is 26.0 Å². The van der Waals surface area contributed by atoms with E-state index in [1.54, 1.807) is 4.47 Å². The monoisotopic (exact) mass is 304 g/mol. The third kappa shape index (κ3) is 5.80. The predicted molar refractivity (Wildman–Crippen MR) is 62.7 cm³/mol. The van der Waals surface area contributed by atoms with Crippen LogP contribution in [0.1, 0.15) is 47.5 Å². The van der Waals surface area contributed by atoms with Gasteiger partial charge in [-0.3, -0.25) is 0 Å². The van der Waals surface area contributed by atoms with Crippen LogP contribution in [0, 0.1) is 0 Å². The van der Waals surface area contributed by atoms with Crippen molar-refractivity contribution in [3.63, 3.8) is 0 Å². The van der Waals surface area contributed by atoms with E-state index in [1.165, 1.54) is 12.8 Å². The van der Waals surface area contributed by atoms with Crippen LogP contribution in [-0.4, -0.2) is 31.7 Å². The summed E-state index contributed by atoms with van der Waals surface area (Å²) in [4.78, 5) is 0. The van der Waals surface area contributed by atoms with E-state index < -0.39 is 0 Å². The first-order valence-corrected chi connectivity index (χ1v) is 11.2. The zero-order valence-corrected chi connectivity index (χ0v) is 12.4. The molecule has 0 unspecified atom stereocenters. The molecule has 0 atom stereocenters. The van der Waals surface area contributed by atoms with Crippen LogP contribution in [0.5, 0.6) is 0 Å². The first-order valence-electron chi connectivity index (χ1n) is 5.00. The molecule has 2 heteroatoms. The van der Waals surface area contributed by atoms with Crippen molar-refractivity contribution in [1.29, 1.82) is 0 Å². The Balaban J connectivity index is 3.64. The SMILES string of the molecule is CCCC[Te]P(C(C)C)C(C)C. The summed E-state index contributed by atoms with van der Waals surface area (Å²) in [6.45, 7) is 12.0. The normalized spacial score (nSPS) is 12.0. The van der Waals surface area contributed by atoms with E-state index in [9.17, 15) is 0 Å². The van der Waals surface area contributed by atoms with Crippen molar-refractivity contribution in [2.45, 2.75) is 63.2 Å². The molecule has 0 amide bonds. The van der Waals surface area contributed by atoms with E-state index in [4.69, 9.17) is 0 Å². The third-order valence-electron chi connectivity index (χ3n) is 1.76. The van der Waals surface area contributed by atoms with Crippen molar-refractivity contribution in [1.82, 2.24) is 0 Å². The van der Waals surface area contributed by atoms with Gasteiger partial charge in [-0.05, 0) is 0 Å². The number of unbranched alkanes of at least 4 members (excludes halogenated alkanes) is 1. The summed E-state index contributed by atoms with van der Waals surface area (Å²) in [6, 6.07) is 0. The van der Waals surface area contributed by atoms with Gasteiger partial charge in [-0.1, -0.05) is 0 Å². The molecule has 0 fully saturated rings. The summed E-state index contributed by atoms with van der Waals surface area (Å²) >= 11 is 0.362. The van der Waals surface area contributed by atoms with Gasteiger partial charge >= 0.3 is 89.2 Å². The summed E-state index contributed by atoms with van der Waals surface area (Å²) in [5.74, 6) is 0. The Morgan fingerprint density at radius 3 is 1.92 bits per heavy atom. The van der Waals surface area contributed by atoms with Crippen LogP contribution in [0.2, 0.25) is 4.47 Å². The van der Waals surface area contributed by atoms with Crippen molar-refractivity contribution in [2.75, 3.05) is 0 Å².